The second-order valence-corrected chi connectivity index (χ2v) is 4.66. The Morgan fingerprint density at radius 3 is 2.43 bits per heavy atom. The van der Waals surface area contributed by atoms with Crippen molar-refractivity contribution < 1.29 is 9.53 Å². The van der Waals surface area contributed by atoms with E-state index in [1.807, 2.05) is 31.2 Å². The van der Waals surface area contributed by atoms with E-state index in [0.29, 0.717) is 18.8 Å². The molecule has 5 nitrogen and oxygen atoms in total. The Morgan fingerprint density at radius 2 is 1.76 bits per heavy atom. The molecule has 2 rings (SSSR count). The molecule has 0 bridgehead atoms. The van der Waals surface area contributed by atoms with Crippen molar-refractivity contribution in [3.05, 3.63) is 54.1 Å². The third-order valence-electron chi connectivity index (χ3n) is 2.85. The number of nitrogens with one attached hydrogen (secondary N) is 2. The number of benzene rings is 2. The van der Waals surface area contributed by atoms with Crippen LogP contribution in [0, 0.1) is 6.92 Å². The molecule has 0 heterocycles. The van der Waals surface area contributed by atoms with E-state index in [0.717, 1.165) is 17.0 Å². The highest BCUT2D eigenvalue weighted by molar-refractivity contribution is 5.89. The standard InChI is InChI=1S/C16H19N3O2/c1-12-2-6-14(7-3-12)19-16(20)18-10-11-21-15-8-4-13(17)5-9-15/h2-9H,10-11,17H2,1H3,(H2,18,19,20). The van der Waals surface area contributed by atoms with Gasteiger partial charge in [-0.05, 0) is 43.3 Å². The van der Waals surface area contributed by atoms with Crippen LogP contribution in [0.5, 0.6) is 5.75 Å². The van der Waals surface area contributed by atoms with Crippen LogP contribution in [0.3, 0.4) is 0 Å². The lowest BCUT2D eigenvalue weighted by molar-refractivity contribution is 0.247. The van der Waals surface area contributed by atoms with Gasteiger partial charge in [0.15, 0.2) is 0 Å². The van der Waals surface area contributed by atoms with Gasteiger partial charge in [0.05, 0.1) is 6.54 Å². The summed E-state index contributed by atoms with van der Waals surface area (Å²) in [6, 6.07) is 14.5. The Hall–Kier alpha value is -2.69. The van der Waals surface area contributed by atoms with E-state index in [9.17, 15) is 4.79 Å². The Kier molecular flexibility index (Phi) is 5.04. The molecule has 0 atom stereocenters. The van der Waals surface area contributed by atoms with Crippen molar-refractivity contribution >= 4 is 17.4 Å². The summed E-state index contributed by atoms with van der Waals surface area (Å²) in [5, 5.41) is 5.48. The molecule has 0 aliphatic carbocycles. The van der Waals surface area contributed by atoms with Crippen molar-refractivity contribution in [2.45, 2.75) is 6.92 Å². The lowest BCUT2D eigenvalue weighted by Gasteiger charge is -2.09. The van der Waals surface area contributed by atoms with Crippen LogP contribution in [-0.4, -0.2) is 19.2 Å². The topological polar surface area (TPSA) is 76.4 Å². The molecule has 2 amide bonds. The number of carbonyl (C=O) groups is 1. The fourth-order valence-electron chi connectivity index (χ4n) is 1.71. The second-order valence-electron chi connectivity index (χ2n) is 4.66. The molecule has 2 aromatic rings. The molecule has 5 heteroatoms. The molecule has 0 aliphatic heterocycles. The first kappa shape index (κ1) is 14.7. The van der Waals surface area contributed by atoms with Crippen molar-refractivity contribution in [3.8, 4) is 5.75 Å². The number of nitrogen functional groups attached to an aromatic ring is 1. The zero-order valence-corrected chi connectivity index (χ0v) is 11.9. The van der Waals surface area contributed by atoms with Gasteiger partial charge in [-0.15, -0.1) is 0 Å². The van der Waals surface area contributed by atoms with Gasteiger partial charge in [0.2, 0.25) is 0 Å². The number of aryl methyl sites for hydroxylation is 1. The predicted molar refractivity (Wildman–Crippen MR) is 84.5 cm³/mol. The highest BCUT2D eigenvalue weighted by atomic mass is 16.5. The Balaban J connectivity index is 1.67. The molecular formula is C16H19N3O2. The Morgan fingerprint density at radius 1 is 1.10 bits per heavy atom. The van der Waals surface area contributed by atoms with Gasteiger partial charge in [-0.25, -0.2) is 4.79 Å². The minimum atomic E-state index is -0.250. The van der Waals surface area contributed by atoms with Crippen LogP contribution in [0.1, 0.15) is 5.56 Å². The monoisotopic (exact) mass is 285 g/mol. The largest absolute Gasteiger partial charge is 0.492 e. The van der Waals surface area contributed by atoms with E-state index >= 15 is 0 Å². The van der Waals surface area contributed by atoms with E-state index in [2.05, 4.69) is 10.6 Å². The van der Waals surface area contributed by atoms with Gasteiger partial charge < -0.3 is 21.1 Å². The van der Waals surface area contributed by atoms with Crippen LogP contribution in [-0.2, 0) is 0 Å². The van der Waals surface area contributed by atoms with Crippen molar-refractivity contribution in [3.63, 3.8) is 0 Å². The van der Waals surface area contributed by atoms with Crippen LogP contribution < -0.4 is 21.1 Å². The second kappa shape index (κ2) is 7.19. The molecule has 0 radical (unpaired) electrons. The first-order valence-corrected chi connectivity index (χ1v) is 6.73. The van der Waals surface area contributed by atoms with Gasteiger partial charge in [0, 0.05) is 11.4 Å². The van der Waals surface area contributed by atoms with E-state index in [4.69, 9.17) is 10.5 Å². The summed E-state index contributed by atoms with van der Waals surface area (Å²) in [7, 11) is 0. The van der Waals surface area contributed by atoms with E-state index in [-0.39, 0.29) is 6.03 Å². The van der Waals surface area contributed by atoms with Crippen molar-refractivity contribution in [1.82, 2.24) is 5.32 Å². The van der Waals surface area contributed by atoms with Crippen LogP contribution in [0.15, 0.2) is 48.5 Å². The maximum Gasteiger partial charge on any atom is 0.319 e. The third-order valence-corrected chi connectivity index (χ3v) is 2.85. The maximum absolute atomic E-state index is 11.7. The number of nitrogens with two attached hydrogens (primary N) is 1. The first-order valence-electron chi connectivity index (χ1n) is 6.73. The lowest BCUT2D eigenvalue weighted by Crippen LogP contribution is -2.32. The Bertz CT molecular complexity index is 579. The maximum atomic E-state index is 11.7. The van der Waals surface area contributed by atoms with Gasteiger partial charge in [0.1, 0.15) is 12.4 Å². The fraction of sp³-hybridized carbons (Fsp3) is 0.188. The zero-order valence-electron chi connectivity index (χ0n) is 11.9. The molecular weight excluding hydrogens is 266 g/mol. The molecule has 110 valence electrons. The fourth-order valence-corrected chi connectivity index (χ4v) is 1.71. The number of urea groups is 1. The molecule has 0 saturated carbocycles. The summed E-state index contributed by atoms with van der Waals surface area (Å²) in [4.78, 5) is 11.7. The zero-order chi connectivity index (χ0) is 15.1. The summed E-state index contributed by atoms with van der Waals surface area (Å²) in [5.74, 6) is 0.727. The van der Waals surface area contributed by atoms with Crippen molar-refractivity contribution in [2.24, 2.45) is 0 Å². The van der Waals surface area contributed by atoms with Gasteiger partial charge in [-0.2, -0.15) is 0 Å². The van der Waals surface area contributed by atoms with E-state index < -0.39 is 0 Å². The number of amides is 2. The SMILES string of the molecule is Cc1ccc(NC(=O)NCCOc2ccc(N)cc2)cc1. The first-order chi connectivity index (χ1) is 10.1. The molecule has 0 saturated heterocycles. The average molecular weight is 285 g/mol. The molecule has 21 heavy (non-hydrogen) atoms. The quantitative estimate of drug-likeness (QED) is 0.584. The van der Waals surface area contributed by atoms with Gasteiger partial charge in [-0.3, -0.25) is 0 Å². The highest BCUT2D eigenvalue weighted by Crippen LogP contribution is 2.12. The molecule has 0 unspecified atom stereocenters. The molecule has 0 fully saturated rings. The summed E-state index contributed by atoms with van der Waals surface area (Å²) in [6.45, 7) is 2.81. The summed E-state index contributed by atoms with van der Waals surface area (Å²) in [5.41, 5.74) is 8.19. The lowest BCUT2D eigenvalue weighted by atomic mass is 10.2. The highest BCUT2D eigenvalue weighted by Gasteiger charge is 2.01. The number of anilines is 2. The van der Waals surface area contributed by atoms with Gasteiger partial charge in [-0.1, -0.05) is 17.7 Å². The van der Waals surface area contributed by atoms with Crippen molar-refractivity contribution in [2.75, 3.05) is 24.2 Å². The van der Waals surface area contributed by atoms with Crippen LogP contribution in [0.4, 0.5) is 16.2 Å². The normalized spacial score (nSPS) is 9.95. The average Bonchev–Trinajstić information content (AvgIpc) is 2.48. The molecule has 0 aromatic heterocycles. The van der Waals surface area contributed by atoms with Crippen molar-refractivity contribution in [1.29, 1.82) is 0 Å². The predicted octanol–water partition coefficient (Wildman–Crippen LogP) is 2.78. The molecule has 2 aromatic carbocycles. The van der Waals surface area contributed by atoms with Crippen LogP contribution >= 0.6 is 0 Å². The molecule has 4 N–H and O–H groups in total. The smallest absolute Gasteiger partial charge is 0.319 e. The van der Waals surface area contributed by atoms with E-state index in [1.54, 1.807) is 24.3 Å². The minimum absolute atomic E-state index is 0.250. The summed E-state index contributed by atoms with van der Waals surface area (Å²) >= 11 is 0. The summed E-state index contributed by atoms with van der Waals surface area (Å²) in [6.07, 6.45) is 0. The number of carbonyl (C=O) groups excluding carboxylic acids is 1. The van der Waals surface area contributed by atoms with Crippen LogP contribution in [0.2, 0.25) is 0 Å². The number of rotatable bonds is 5. The Labute approximate surface area is 124 Å². The van der Waals surface area contributed by atoms with Gasteiger partial charge in [0.25, 0.3) is 0 Å². The molecule has 0 spiro atoms. The van der Waals surface area contributed by atoms with E-state index in [1.165, 1.54) is 0 Å². The van der Waals surface area contributed by atoms with Crippen LogP contribution in [0.25, 0.3) is 0 Å². The number of hydrogen-bond donors (Lipinski definition) is 3. The number of ether oxygens (including phenoxy) is 1. The van der Waals surface area contributed by atoms with Gasteiger partial charge >= 0.3 is 6.03 Å². The summed E-state index contributed by atoms with van der Waals surface area (Å²) < 4.78 is 5.48. The number of hydrogen-bond acceptors (Lipinski definition) is 3. The third kappa shape index (κ3) is 5.06. The minimum Gasteiger partial charge on any atom is -0.492 e. The molecule has 0 aliphatic rings.